The average molecular weight is 387 g/mol. The summed E-state index contributed by atoms with van der Waals surface area (Å²) in [5.74, 6) is 0.426. The second kappa shape index (κ2) is 8.77. The number of likely N-dealkylation sites (tertiary alicyclic amines) is 1. The number of ether oxygens (including phenoxy) is 1. The lowest BCUT2D eigenvalue weighted by Crippen LogP contribution is -2.48. The molecule has 1 aromatic carbocycles. The molecule has 25 heavy (non-hydrogen) atoms. The van der Waals surface area contributed by atoms with Gasteiger partial charge in [0.2, 0.25) is 5.91 Å². The van der Waals surface area contributed by atoms with Crippen LogP contribution in [-0.2, 0) is 9.59 Å². The standard InChI is InChI=1S/C18H24Cl2N2O3/c1-11-8-15(9-12(2)17(11)20)25-10-16(23)22-6-4-14(5-7-22)21-18(24)13(3)19/h8-9,13-14H,4-7,10H2,1-3H3,(H,21,24). The van der Waals surface area contributed by atoms with Gasteiger partial charge in [0.15, 0.2) is 6.61 Å². The number of carbonyl (C=O) groups is 2. The topological polar surface area (TPSA) is 58.6 Å². The molecule has 138 valence electrons. The van der Waals surface area contributed by atoms with E-state index < -0.39 is 5.38 Å². The van der Waals surface area contributed by atoms with Crippen LogP contribution in [0.5, 0.6) is 5.75 Å². The van der Waals surface area contributed by atoms with E-state index in [1.165, 1.54) is 0 Å². The first-order chi connectivity index (χ1) is 11.8. The fraction of sp³-hybridized carbons (Fsp3) is 0.556. The minimum absolute atomic E-state index is 0.00372. The molecule has 0 bridgehead atoms. The third-order valence-electron chi connectivity index (χ3n) is 4.33. The Morgan fingerprint density at radius 3 is 2.36 bits per heavy atom. The van der Waals surface area contributed by atoms with Crippen LogP contribution in [0.2, 0.25) is 5.02 Å². The fourth-order valence-electron chi connectivity index (χ4n) is 2.82. The molecule has 1 aliphatic rings. The molecule has 0 aliphatic carbocycles. The molecule has 2 amide bonds. The molecule has 7 heteroatoms. The third kappa shape index (κ3) is 5.51. The quantitative estimate of drug-likeness (QED) is 0.790. The highest BCUT2D eigenvalue weighted by atomic mass is 35.5. The first kappa shape index (κ1) is 19.9. The number of nitrogens with zero attached hydrogens (tertiary/aromatic N) is 1. The van der Waals surface area contributed by atoms with E-state index in [2.05, 4.69) is 5.32 Å². The van der Waals surface area contributed by atoms with Crippen LogP contribution in [0.25, 0.3) is 0 Å². The van der Waals surface area contributed by atoms with Crippen molar-refractivity contribution in [3.05, 3.63) is 28.3 Å². The van der Waals surface area contributed by atoms with Crippen LogP contribution in [0.15, 0.2) is 12.1 Å². The van der Waals surface area contributed by atoms with Crippen molar-refractivity contribution in [1.29, 1.82) is 0 Å². The zero-order valence-electron chi connectivity index (χ0n) is 14.8. The van der Waals surface area contributed by atoms with Gasteiger partial charge in [-0.1, -0.05) is 11.6 Å². The molecule has 1 heterocycles. The molecule has 1 N–H and O–H groups in total. The highest BCUT2D eigenvalue weighted by Gasteiger charge is 2.25. The van der Waals surface area contributed by atoms with E-state index >= 15 is 0 Å². The number of piperidine rings is 1. The van der Waals surface area contributed by atoms with E-state index in [1.54, 1.807) is 11.8 Å². The Hall–Kier alpha value is -1.46. The van der Waals surface area contributed by atoms with Crippen LogP contribution in [0.1, 0.15) is 30.9 Å². The van der Waals surface area contributed by atoms with E-state index in [1.807, 2.05) is 26.0 Å². The summed E-state index contributed by atoms with van der Waals surface area (Å²) in [5.41, 5.74) is 1.85. The van der Waals surface area contributed by atoms with Crippen LogP contribution >= 0.6 is 23.2 Å². The second-order valence-corrected chi connectivity index (χ2v) is 7.47. The molecule has 0 saturated carbocycles. The van der Waals surface area contributed by atoms with E-state index in [4.69, 9.17) is 27.9 Å². The number of hydrogen-bond donors (Lipinski definition) is 1. The minimum atomic E-state index is -0.542. The summed E-state index contributed by atoms with van der Waals surface area (Å²) in [6.45, 7) is 6.66. The van der Waals surface area contributed by atoms with Gasteiger partial charge in [-0.05, 0) is 56.9 Å². The maximum absolute atomic E-state index is 12.3. The van der Waals surface area contributed by atoms with Crippen LogP contribution in [0.3, 0.4) is 0 Å². The summed E-state index contributed by atoms with van der Waals surface area (Å²) < 4.78 is 5.62. The molecule has 0 spiro atoms. The van der Waals surface area contributed by atoms with Crippen molar-refractivity contribution in [3.8, 4) is 5.75 Å². The number of nitrogens with one attached hydrogen (secondary N) is 1. The first-order valence-electron chi connectivity index (χ1n) is 8.39. The van der Waals surface area contributed by atoms with E-state index in [9.17, 15) is 9.59 Å². The first-order valence-corrected chi connectivity index (χ1v) is 9.21. The molecular weight excluding hydrogens is 363 g/mol. The van der Waals surface area contributed by atoms with Crippen molar-refractivity contribution in [3.63, 3.8) is 0 Å². The Morgan fingerprint density at radius 2 is 1.84 bits per heavy atom. The van der Waals surface area contributed by atoms with Gasteiger partial charge in [-0.3, -0.25) is 9.59 Å². The van der Waals surface area contributed by atoms with Gasteiger partial charge in [-0.15, -0.1) is 11.6 Å². The minimum Gasteiger partial charge on any atom is -0.484 e. The number of amides is 2. The van der Waals surface area contributed by atoms with Crippen molar-refractivity contribution in [2.24, 2.45) is 0 Å². The van der Waals surface area contributed by atoms with Crippen molar-refractivity contribution >= 4 is 35.0 Å². The summed E-state index contributed by atoms with van der Waals surface area (Å²) in [6, 6.07) is 3.73. The Labute approximate surface area is 158 Å². The van der Waals surface area contributed by atoms with Gasteiger partial charge in [0, 0.05) is 24.2 Å². The summed E-state index contributed by atoms with van der Waals surface area (Å²) in [4.78, 5) is 25.7. The molecule has 1 saturated heterocycles. The van der Waals surface area contributed by atoms with E-state index in [0.29, 0.717) is 23.9 Å². The summed E-state index contributed by atoms with van der Waals surface area (Å²) in [6.07, 6.45) is 1.44. The van der Waals surface area contributed by atoms with Gasteiger partial charge in [-0.2, -0.15) is 0 Å². The highest BCUT2D eigenvalue weighted by molar-refractivity contribution is 6.32. The predicted molar refractivity (Wildman–Crippen MR) is 99.5 cm³/mol. The normalized spacial score (nSPS) is 16.4. The zero-order valence-corrected chi connectivity index (χ0v) is 16.3. The Kier molecular flexibility index (Phi) is 6.96. The van der Waals surface area contributed by atoms with E-state index in [0.717, 1.165) is 24.0 Å². The molecule has 1 aliphatic heterocycles. The van der Waals surface area contributed by atoms with Gasteiger partial charge in [0.05, 0.1) is 0 Å². The monoisotopic (exact) mass is 386 g/mol. The highest BCUT2D eigenvalue weighted by Crippen LogP contribution is 2.26. The molecule has 0 aromatic heterocycles. The number of rotatable bonds is 5. The number of halogens is 2. The van der Waals surface area contributed by atoms with Gasteiger partial charge in [0.1, 0.15) is 11.1 Å². The van der Waals surface area contributed by atoms with Crippen molar-refractivity contribution < 1.29 is 14.3 Å². The van der Waals surface area contributed by atoms with Crippen LogP contribution in [-0.4, -0.2) is 47.8 Å². The second-order valence-electron chi connectivity index (χ2n) is 6.44. The third-order valence-corrected chi connectivity index (χ3v) is 5.12. The predicted octanol–water partition coefficient (Wildman–Crippen LogP) is 3.07. The molecule has 1 atom stereocenters. The maximum Gasteiger partial charge on any atom is 0.260 e. The summed E-state index contributed by atoms with van der Waals surface area (Å²) in [7, 11) is 0. The summed E-state index contributed by atoms with van der Waals surface area (Å²) >= 11 is 11.9. The van der Waals surface area contributed by atoms with Crippen LogP contribution in [0, 0.1) is 13.8 Å². The number of alkyl halides is 1. The number of aryl methyl sites for hydroxylation is 2. The number of hydrogen-bond acceptors (Lipinski definition) is 3. The Morgan fingerprint density at radius 1 is 1.28 bits per heavy atom. The number of benzene rings is 1. The van der Waals surface area contributed by atoms with Crippen molar-refractivity contribution in [2.45, 2.75) is 45.0 Å². The zero-order chi connectivity index (χ0) is 18.6. The van der Waals surface area contributed by atoms with Crippen molar-refractivity contribution in [2.75, 3.05) is 19.7 Å². The number of carbonyl (C=O) groups excluding carboxylic acids is 2. The van der Waals surface area contributed by atoms with Gasteiger partial charge < -0.3 is 15.0 Å². The smallest absolute Gasteiger partial charge is 0.260 e. The summed E-state index contributed by atoms with van der Waals surface area (Å²) in [5, 5.41) is 3.08. The molecule has 2 rings (SSSR count). The van der Waals surface area contributed by atoms with Gasteiger partial charge >= 0.3 is 0 Å². The Bertz CT molecular complexity index is 618. The maximum atomic E-state index is 12.3. The molecule has 5 nitrogen and oxygen atoms in total. The van der Waals surface area contributed by atoms with Gasteiger partial charge in [-0.25, -0.2) is 0 Å². The molecule has 0 radical (unpaired) electrons. The SMILES string of the molecule is Cc1cc(OCC(=O)N2CCC(NC(=O)C(C)Cl)CC2)cc(C)c1Cl. The van der Waals surface area contributed by atoms with Crippen LogP contribution in [0.4, 0.5) is 0 Å². The largest absolute Gasteiger partial charge is 0.484 e. The van der Waals surface area contributed by atoms with Crippen LogP contribution < -0.4 is 10.1 Å². The molecule has 1 fully saturated rings. The lowest BCUT2D eigenvalue weighted by Gasteiger charge is -2.32. The van der Waals surface area contributed by atoms with E-state index in [-0.39, 0.29) is 24.5 Å². The average Bonchev–Trinajstić information content (AvgIpc) is 2.57. The van der Waals surface area contributed by atoms with Gasteiger partial charge in [0.25, 0.3) is 5.91 Å². The van der Waals surface area contributed by atoms with Crippen molar-refractivity contribution in [1.82, 2.24) is 10.2 Å². The fourth-order valence-corrected chi connectivity index (χ4v) is 2.99. The molecule has 1 unspecified atom stereocenters. The lowest BCUT2D eigenvalue weighted by molar-refractivity contribution is -0.134. The molecular formula is C18H24Cl2N2O3. The lowest BCUT2D eigenvalue weighted by atomic mass is 10.0. The molecule has 1 aromatic rings. The Balaban J connectivity index is 1.80.